The minimum absolute atomic E-state index is 0.566. The summed E-state index contributed by atoms with van der Waals surface area (Å²) in [6.45, 7) is 9.71. The van der Waals surface area contributed by atoms with Crippen LogP contribution in [-0.2, 0) is 13.1 Å². The van der Waals surface area contributed by atoms with Gasteiger partial charge in [-0.1, -0.05) is 44.2 Å². The third-order valence-corrected chi connectivity index (χ3v) is 3.73. The number of hydrogen-bond donors (Lipinski definition) is 2. The number of aromatic nitrogens is 2. The van der Waals surface area contributed by atoms with Crippen LogP contribution in [0.4, 0.5) is 0 Å². The molecular formula is C19H29N5. The molecule has 2 rings (SSSR count). The van der Waals surface area contributed by atoms with Crippen molar-refractivity contribution in [3.63, 3.8) is 0 Å². The van der Waals surface area contributed by atoms with E-state index in [1.54, 1.807) is 0 Å². The molecule has 2 N–H and O–H groups in total. The Morgan fingerprint density at radius 2 is 2.00 bits per heavy atom. The van der Waals surface area contributed by atoms with Crippen LogP contribution in [0.25, 0.3) is 0 Å². The first-order chi connectivity index (χ1) is 11.7. The standard InChI is InChI=1S/C19H29N5/c1-4-20-19(22-11-10-16(2)3)23-14-18-21-12-13-24(18)15-17-8-6-5-7-9-17/h5-9,12-13,16H,4,10-11,14-15H2,1-3H3,(H2,20,22,23). The monoisotopic (exact) mass is 327 g/mol. The molecule has 0 atom stereocenters. The van der Waals surface area contributed by atoms with Gasteiger partial charge in [-0.25, -0.2) is 9.98 Å². The van der Waals surface area contributed by atoms with Gasteiger partial charge in [0, 0.05) is 32.0 Å². The lowest BCUT2D eigenvalue weighted by molar-refractivity contribution is 0.573. The smallest absolute Gasteiger partial charge is 0.191 e. The van der Waals surface area contributed by atoms with E-state index in [2.05, 4.69) is 70.2 Å². The second-order valence-electron chi connectivity index (χ2n) is 6.26. The van der Waals surface area contributed by atoms with Gasteiger partial charge in [0.15, 0.2) is 5.96 Å². The highest BCUT2D eigenvalue weighted by molar-refractivity contribution is 5.79. The highest BCUT2D eigenvalue weighted by Crippen LogP contribution is 2.06. The summed E-state index contributed by atoms with van der Waals surface area (Å²) in [5, 5.41) is 6.68. The van der Waals surface area contributed by atoms with Crippen LogP contribution >= 0.6 is 0 Å². The fraction of sp³-hybridized carbons (Fsp3) is 0.474. The molecule has 0 spiro atoms. The van der Waals surface area contributed by atoms with Crippen molar-refractivity contribution < 1.29 is 0 Å². The lowest BCUT2D eigenvalue weighted by Crippen LogP contribution is -2.38. The Kier molecular flexibility index (Phi) is 7.33. The molecule has 0 aliphatic rings. The highest BCUT2D eigenvalue weighted by Gasteiger charge is 2.04. The van der Waals surface area contributed by atoms with E-state index in [9.17, 15) is 0 Å². The molecule has 130 valence electrons. The van der Waals surface area contributed by atoms with Gasteiger partial charge in [-0.2, -0.15) is 0 Å². The number of hydrogen-bond acceptors (Lipinski definition) is 2. The number of benzene rings is 1. The summed E-state index contributed by atoms with van der Waals surface area (Å²) in [6, 6.07) is 10.4. The van der Waals surface area contributed by atoms with Crippen molar-refractivity contribution >= 4 is 5.96 Å². The summed E-state index contributed by atoms with van der Waals surface area (Å²) in [5.41, 5.74) is 1.27. The molecule has 1 aromatic heterocycles. The Labute approximate surface area is 145 Å². The average molecular weight is 327 g/mol. The Morgan fingerprint density at radius 1 is 1.21 bits per heavy atom. The number of imidazole rings is 1. The molecule has 0 aliphatic carbocycles. The quantitative estimate of drug-likeness (QED) is 0.579. The molecule has 0 radical (unpaired) electrons. The molecule has 0 amide bonds. The van der Waals surface area contributed by atoms with Crippen LogP contribution in [-0.4, -0.2) is 28.6 Å². The molecule has 0 fully saturated rings. The summed E-state index contributed by atoms with van der Waals surface area (Å²) in [6.07, 6.45) is 4.98. The second kappa shape index (κ2) is 9.75. The van der Waals surface area contributed by atoms with Gasteiger partial charge in [-0.15, -0.1) is 0 Å². The van der Waals surface area contributed by atoms with E-state index < -0.39 is 0 Å². The SMILES string of the molecule is CCNC(=NCc1nccn1Cc1ccccc1)NCCC(C)C. The van der Waals surface area contributed by atoms with Crippen molar-refractivity contribution in [3.05, 3.63) is 54.1 Å². The zero-order chi connectivity index (χ0) is 17.2. The van der Waals surface area contributed by atoms with Crippen LogP contribution < -0.4 is 10.6 Å². The second-order valence-corrected chi connectivity index (χ2v) is 6.26. The van der Waals surface area contributed by atoms with E-state index in [0.717, 1.165) is 37.8 Å². The zero-order valence-electron chi connectivity index (χ0n) is 15.0. The Balaban J connectivity index is 1.97. The van der Waals surface area contributed by atoms with Crippen LogP contribution in [0, 0.1) is 5.92 Å². The van der Waals surface area contributed by atoms with Gasteiger partial charge in [0.2, 0.25) is 0 Å². The van der Waals surface area contributed by atoms with E-state index in [0.29, 0.717) is 12.5 Å². The van der Waals surface area contributed by atoms with Crippen LogP contribution in [0.1, 0.15) is 38.6 Å². The lowest BCUT2D eigenvalue weighted by atomic mass is 10.1. The van der Waals surface area contributed by atoms with Crippen molar-refractivity contribution in [1.82, 2.24) is 20.2 Å². The summed E-state index contributed by atoms with van der Waals surface area (Å²) in [7, 11) is 0. The fourth-order valence-electron chi connectivity index (χ4n) is 2.39. The van der Waals surface area contributed by atoms with Gasteiger partial charge in [-0.3, -0.25) is 0 Å². The van der Waals surface area contributed by atoms with Gasteiger partial charge in [-0.05, 0) is 24.8 Å². The first-order valence-electron chi connectivity index (χ1n) is 8.75. The molecule has 0 saturated heterocycles. The summed E-state index contributed by atoms with van der Waals surface area (Å²) in [4.78, 5) is 9.12. The van der Waals surface area contributed by atoms with E-state index in [1.165, 1.54) is 5.56 Å². The maximum atomic E-state index is 4.67. The molecule has 0 saturated carbocycles. The van der Waals surface area contributed by atoms with Gasteiger partial charge in [0.1, 0.15) is 12.4 Å². The first-order valence-corrected chi connectivity index (χ1v) is 8.75. The Hall–Kier alpha value is -2.30. The van der Waals surface area contributed by atoms with Crippen LogP contribution in [0.2, 0.25) is 0 Å². The summed E-state index contributed by atoms with van der Waals surface area (Å²) >= 11 is 0. The molecule has 0 unspecified atom stereocenters. The molecule has 0 bridgehead atoms. The van der Waals surface area contributed by atoms with Gasteiger partial charge >= 0.3 is 0 Å². The lowest BCUT2D eigenvalue weighted by Gasteiger charge is -2.12. The normalized spacial score (nSPS) is 11.8. The molecule has 1 aromatic carbocycles. The third-order valence-electron chi connectivity index (χ3n) is 3.73. The number of guanidine groups is 1. The van der Waals surface area contributed by atoms with Gasteiger partial charge in [0.25, 0.3) is 0 Å². The van der Waals surface area contributed by atoms with Crippen molar-refractivity contribution in [2.75, 3.05) is 13.1 Å². The van der Waals surface area contributed by atoms with Gasteiger partial charge in [0.05, 0.1) is 0 Å². The molecule has 24 heavy (non-hydrogen) atoms. The molecule has 2 aromatic rings. The number of rotatable bonds is 8. The van der Waals surface area contributed by atoms with Crippen LogP contribution in [0.15, 0.2) is 47.7 Å². The van der Waals surface area contributed by atoms with Crippen molar-refractivity contribution in [2.45, 2.75) is 40.3 Å². The van der Waals surface area contributed by atoms with Crippen LogP contribution in [0.5, 0.6) is 0 Å². The van der Waals surface area contributed by atoms with Crippen molar-refractivity contribution in [1.29, 1.82) is 0 Å². The van der Waals surface area contributed by atoms with Crippen LogP contribution in [0.3, 0.4) is 0 Å². The van der Waals surface area contributed by atoms with Crippen molar-refractivity contribution in [3.8, 4) is 0 Å². The third kappa shape index (κ3) is 6.07. The summed E-state index contributed by atoms with van der Waals surface area (Å²) in [5.74, 6) is 2.51. The Morgan fingerprint density at radius 3 is 2.71 bits per heavy atom. The predicted octanol–water partition coefficient (Wildman–Crippen LogP) is 3.03. The van der Waals surface area contributed by atoms with E-state index in [-0.39, 0.29) is 0 Å². The minimum Gasteiger partial charge on any atom is -0.357 e. The molecule has 1 heterocycles. The first kappa shape index (κ1) is 18.0. The maximum absolute atomic E-state index is 4.67. The molecule has 0 aliphatic heterocycles. The molecule has 5 nitrogen and oxygen atoms in total. The van der Waals surface area contributed by atoms with E-state index in [4.69, 9.17) is 0 Å². The van der Waals surface area contributed by atoms with Gasteiger partial charge < -0.3 is 15.2 Å². The average Bonchev–Trinajstić information content (AvgIpc) is 3.00. The highest BCUT2D eigenvalue weighted by atomic mass is 15.2. The molecule has 5 heteroatoms. The largest absolute Gasteiger partial charge is 0.357 e. The number of nitrogens with one attached hydrogen (secondary N) is 2. The molecular weight excluding hydrogens is 298 g/mol. The number of nitrogens with zero attached hydrogens (tertiary/aromatic N) is 3. The predicted molar refractivity (Wildman–Crippen MR) is 100 cm³/mol. The van der Waals surface area contributed by atoms with E-state index >= 15 is 0 Å². The van der Waals surface area contributed by atoms with E-state index in [1.807, 2.05) is 18.5 Å². The topological polar surface area (TPSA) is 54.2 Å². The van der Waals surface area contributed by atoms with Crippen molar-refractivity contribution in [2.24, 2.45) is 10.9 Å². The fourth-order valence-corrected chi connectivity index (χ4v) is 2.39. The number of aliphatic imine (C=N–C) groups is 1. The maximum Gasteiger partial charge on any atom is 0.191 e. The minimum atomic E-state index is 0.566. The summed E-state index contributed by atoms with van der Waals surface area (Å²) < 4.78 is 2.15. The zero-order valence-corrected chi connectivity index (χ0v) is 15.0. The Bertz CT molecular complexity index is 616.